The summed E-state index contributed by atoms with van der Waals surface area (Å²) in [6, 6.07) is 19.7. The number of hydrogen-bond donors (Lipinski definition) is 0. The number of rotatable bonds is 6. The quantitative estimate of drug-likeness (QED) is 0.289. The van der Waals surface area contributed by atoms with Gasteiger partial charge in [0.1, 0.15) is 0 Å². The van der Waals surface area contributed by atoms with Gasteiger partial charge in [0.25, 0.3) is 5.91 Å². The van der Waals surface area contributed by atoms with Crippen molar-refractivity contribution in [3.05, 3.63) is 88.4 Å². The van der Waals surface area contributed by atoms with Gasteiger partial charge in [0, 0.05) is 18.7 Å². The van der Waals surface area contributed by atoms with Crippen molar-refractivity contribution in [2.75, 3.05) is 18.0 Å². The van der Waals surface area contributed by atoms with E-state index in [9.17, 15) is 13.2 Å². The lowest BCUT2D eigenvalue weighted by Gasteiger charge is -2.26. The Morgan fingerprint density at radius 2 is 1.69 bits per heavy atom. The van der Waals surface area contributed by atoms with E-state index >= 15 is 0 Å². The molecule has 6 nitrogen and oxygen atoms in total. The fraction of sp³-hybridized carbons (Fsp3) is 0.259. The number of fused-ring (bicyclic) bond motifs is 1. The smallest absolute Gasteiger partial charge is 0.260 e. The van der Waals surface area contributed by atoms with Crippen molar-refractivity contribution in [3.63, 3.8) is 0 Å². The molecule has 1 saturated heterocycles. The summed E-state index contributed by atoms with van der Waals surface area (Å²) in [5.74, 6) is -0.256. The number of nitrogens with zero attached hydrogens (tertiary/aromatic N) is 3. The summed E-state index contributed by atoms with van der Waals surface area (Å²) in [6.07, 6.45) is 2.79. The maximum atomic E-state index is 13.8. The number of piperidine rings is 1. The maximum absolute atomic E-state index is 13.8. The second kappa shape index (κ2) is 10.3. The zero-order valence-corrected chi connectivity index (χ0v) is 22.2. The van der Waals surface area contributed by atoms with E-state index in [1.54, 1.807) is 17.0 Å². The minimum atomic E-state index is -3.57. The Hall–Kier alpha value is -2.78. The van der Waals surface area contributed by atoms with Gasteiger partial charge in [-0.25, -0.2) is 13.4 Å². The SMILES string of the molecule is Cc1ccc(Cl)c2sc(N(Cc3ccccc3)C(=O)c3ccc(S(=O)(=O)N4CCCCC4)cc3)nc12. The van der Waals surface area contributed by atoms with Crippen LogP contribution in [-0.2, 0) is 16.6 Å². The first kappa shape index (κ1) is 24.9. The van der Waals surface area contributed by atoms with E-state index in [1.165, 1.54) is 27.8 Å². The van der Waals surface area contributed by atoms with Crippen LogP contribution in [0.2, 0.25) is 5.02 Å². The third-order valence-electron chi connectivity index (χ3n) is 6.40. The van der Waals surface area contributed by atoms with Crippen LogP contribution in [0, 0.1) is 6.92 Å². The van der Waals surface area contributed by atoms with Crippen molar-refractivity contribution in [2.45, 2.75) is 37.6 Å². The molecule has 1 aliphatic heterocycles. The number of thiazole rings is 1. The molecule has 1 aliphatic rings. The third-order valence-corrected chi connectivity index (χ3v) is 9.85. The highest BCUT2D eigenvalue weighted by Crippen LogP contribution is 2.36. The Morgan fingerprint density at radius 1 is 1.00 bits per heavy atom. The van der Waals surface area contributed by atoms with Crippen LogP contribution in [0.1, 0.15) is 40.7 Å². The average molecular weight is 540 g/mol. The fourth-order valence-corrected chi connectivity index (χ4v) is 7.21. The molecule has 0 bridgehead atoms. The molecule has 1 aromatic heterocycles. The molecular weight excluding hydrogens is 514 g/mol. The van der Waals surface area contributed by atoms with E-state index in [-0.39, 0.29) is 10.8 Å². The third kappa shape index (κ3) is 4.91. The van der Waals surface area contributed by atoms with Crippen molar-refractivity contribution < 1.29 is 13.2 Å². The zero-order chi connectivity index (χ0) is 25.3. The van der Waals surface area contributed by atoms with Crippen LogP contribution in [0.4, 0.5) is 5.13 Å². The first-order chi connectivity index (χ1) is 17.3. The molecule has 1 fully saturated rings. The summed E-state index contributed by atoms with van der Waals surface area (Å²) in [7, 11) is -3.57. The molecule has 0 saturated carbocycles. The van der Waals surface area contributed by atoms with Crippen LogP contribution in [0.15, 0.2) is 71.6 Å². The lowest BCUT2D eigenvalue weighted by molar-refractivity contribution is 0.0985. The van der Waals surface area contributed by atoms with E-state index in [1.807, 2.05) is 49.4 Å². The predicted octanol–water partition coefficient (Wildman–Crippen LogP) is 6.28. The van der Waals surface area contributed by atoms with Gasteiger partial charge in [-0.2, -0.15) is 4.31 Å². The van der Waals surface area contributed by atoms with Gasteiger partial charge in [-0.05, 0) is 61.2 Å². The number of anilines is 1. The van der Waals surface area contributed by atoms with Crippen LogP contribution >= 0.6 is 22.9 Å². The molecule has 2 heterocycles. The first-order valence-corrected chi connectivity index (χ1v) is 14.5. The summed E-state index contributed by atoms with van der Waals surface area (Å²) in [5, 5.41) is 1.14. The van der Waals surface area contributed by atoms with Gasteiger partial charge >= 0.3 is 0 Å². The lowest BCUT2D eigenvalue weighted by Crippen LogP contribution is -2.35. The van der Waals surface area contributed by atoms with Crippen molar-refractivity contribution in [1.82, 2.24) is 9.29 Å². The van der Waals surface area contributed by atoms with Gasteiger partial charge in [-0.1, -0.05) is 65.8 Å². The maximum Gasteiger partial charge on any atom is 0.260 e. The molecular formula is C27H26ClN3O3S2. The molecule has 0 spiro atoms. The minimum Gasteiger partial charge on any atom is -0.279 e. The Bertz CT molecular complexity index is 1460. The molecule has 0 unspecified atom stereocenters. The highest BCUT2D eigenvalue weighted by atomic mass is 35.5. The van der Waals surface area contributed by atoms with Crippen molar-refractivity contribution in [3.8, 4) is 0 Å². The average Bonchev–Trinajstić information content (AvgIpc) is 3.37. The Morgan fingerprint density at radius 3 is 2.36 bits per heavy atom. The number of hydrogen-bond acceptors (Lipinski definition) is 5. The molecule has 0 N–H and O–H groups in total. The molecule has 0 atom stereocenters. The van der Waals surface area contributed by atoms with E-state index < -0.39 is 10.0 Å². The standard InChI is InChI=1S/C27H26ClN3O3S2/c1-19-10-15-23(28)25-24(19)29-27(35-25)31(18-20-8-4-2-5-9-20)26(32)21-11-13-22(14-12-21)36(33,34)30-16-6-3-7-17-30/h2,4-5,8-15H,3,6-7,16-18H2,1H3. The lowest BCUT2D eigenvalue weighted by atomic mass is 10.1. The number of aromatic nitrogens is 1. The van der Waals surface area contributed by atoms with Crippen LogP contribution < -0.4 is 4.90 Å². The van der Waals surface area contributed by atoms with Crippen molar-refractivity contribution >= 4 is 54.2 Å². The van der Waals surface area contributed by atoms with Crippen LogP contribution in [-0.4, -0.2) is 36.7 Å². The fourth-order valence-electron chi connectivity index (χ4n) is 4.38. The zero-order valence-electron chi connectivity index (χ0n) is 19.9. The Balaban J connectivity index is 1.49. The Labute approximate surface area is 220 Å². The van der Waals surface area contributed by atoms with Gasteiger partial charge < -0.3 is 0 Å². The van der Waals surface area contributed by atoms with Gasteiger partial charge in [0.2, 0.25) is 10.0 Å². The highest BCUT2D eigenvalue weighted by Gasteiger charge is 2.27. The number of aryl methyl sites for hydroxylation is 1. The number of benzene rings is 3. The van der Waals surface area contributed by atoms with E-state index in [2.05, 4.69) is 0 Å². The van der Waals surface area contributed by atoms with Crippen molar-refractivity contribution in [1.29, 1.82) is 0 Å². The number of halogens is 1. The number of amides is 1. The van der Waals surface area contributed by atoms with Gasteiger partial charge in [0.05, 0.1) is 26.7 Å². The molecule has 0 radical (unpaired) electrons. The van der Waals surface area contributed by atoms with Gasteiger partial charge in [-0.15, -0.1) is 0 Å². The summed E-state index contributed by atoms with van der Waals surface area (Å²) < 4.78 is 28.4. The summed E-state index contributed by atoms with van der Waals surface area (Å²) in [5.41, 5.74) is 3.11. The van der Waals surface area contributed by atoms with Crippen molar-refractivity contribution in [2.24, 2.45) is 0 Å². The summed E-state index contributed by atoms with van der Waals surface area (Å²) in [4.78, 5) is 20.4. The molecule has 3 aromatic carbocycles. The van der Waals surface area contributed by atoms with Crippen LogP contribution in [0.3, 0.4) is 0 Å². The first-order valence-electron chi connectivity index (χ1n) is 11.9. The molecule has 4 aromatic rings. The number of carbonyl (C=O) groups is 1. The number of carbonyl (C=O) groups excluding carboxylic acids is 1. The molecule has 36 heavy (non-hydrogen) atoms. The second-order valence-corrected chi connectivity index (χ2v) is 12.2. The second-order valence-electron chi connectivity index (χ2n) is 8.90. The topological polar surface area (TPSA) is 70.6 Å². The highest BCUT2D eigenvalue weighted by molar-refractivity contribution is 7.89. The van der Waals surface area contributed by atoms with Crippen LogP contribution in [0.5, 0.6) is 0 Å². The minimum absolute atomic E-state index is 0.206. The Kier molecular flexibility index (Phi) is 7.12. The molecule has 9 heteroatoms. The summed E-state index contributed by atoms with van der Waals surface area (Å²) in [6.45, 7) is 3.36. The van der Waals surface area contributed by atoms with E-state index in [0.29, 0.717) is 35.4 Å². The molecule has 186 valence electrons. The number of sulfonamides is 1. The summed E-state index contributed by atoms with van der Waals surface area (Å²) >= 11 is 7.81. The molecule has 0 aliphatic carbocycles. The van der Waals surface area contributed by atoms with E-state index in [0.717, 1.165) is 40.6 Å². The van der Waals surface area contributed by atoms with Gasteiger partial charge in [0.15, 0.2) is 5.13 Å². The monoisotopic (exact) mass is 539 g/mol. The van der Waals surface area contributed by atoms with Gasteiger partial charge in [-0.3, -0.25) is 9.69 Å². The predicted molar refractivity (Wildman–Crippen MR) is 145 cm³/mol. The van der Waals surface area contributed by atoms with E-state index in [4.69, 9.17) is 16.6 Å². The normalized spacial score (nSPS) is 14.7. The van der Waals surface area contributed by atoms with Crippen LogP contribution in [0.25, 0.3) is 10.2 Å². The molecule has 5 rings (SSSR count). The molecule has 1 amide bonds. The largest absolute Gasteiger partial charge is 0.279 e.